The predicted octanol–water partition coefficient (Wildman–Crippen LogP) is 3.33. The number of nitrogens with zero attached hydrogens (tertiary/aromatic N) is 2. The maximum absolute atomic E-state index is 4.50. The molecule has 1 heterocycles. The minimum absolute atomic E-state index is 0.652. The Morgan fingerprint density at radius 1 is 1.29 bits per heavy atom. The van der Waals surface area contributed by atoms with Crippen LogP contribution in [0.2, 0.25) is 0 Å². The molecule has 3 rings (SSSR count). The van der Waals surface area contributed by atoms with E-state index in [4.69, 9.17) is 0 Å². The first kappa shape index (κ1) is 14.3. The van der Waals surface area contributed by atoms with Gasteiger partial charge in [-0.25, -0.2) is 0 Å². The monoisotopic (exact) mass is 283 g/mol. The van der Waals surface area contributed by atoms with Crippen molar-refractivity contribution in [2.45, 2.75) is 51.6 Å². The predicted molar refractivity (Wildman–Crippen MR) is 86.4 cm³/mol. The largest absolute Gasteiger partial charge is 0.310 e. The van der Waals surface area contributed by atoms with Crippen LogP contribution < -0.4 is 5.32 Å². The van der Waals surface area contributed by atoms with Crippen molar-refractivity contribution in [3.8, 4) is 0 Å². The zero-order valence-corrected chi connectivity index (χ0v) is 13.3. The van der Waals surface area contributed by atoms with Crippen molar-refractivity contribution in [3.63, 3.8) is 0 Å². The van der Waals surface area contributed by atoms with Crippen LogP contribution in [-0.2, 0) is 20.0 Å². The first-order valence-corrected chi connectivity index (χ1v) is 7.97. The Hall–Kier alpha value is -1.61. The second-order valence-corrected chi connectivity index (χ2v) is 6.23. The van der Waals surface area contributed by atoms with E-state index in [0.29, 0.717) is 6.04 Å². The fourth-order valence-electron chi connectivity index (χ4n) is 3.37. The van der Waals surface area contributed by atoms with Crippen molar-refractivity contribution >= 4 is 0 Å². The molecule has 112 valence electrons. The second-order valence-electron chi connectivity index (χ2n) is 6.23. The summed E-state index contributed by atoms with van der Waals surface area (Å²) >= 11 is 0. The topological polar surface area (TPSA) is 29.9 Å². The van der Waals surface area contributed by atoms with Gasteiger partial charge < -0.3 is 5.32 Å². The SMILES string of the molecule is CCc1nn(C)cc1CNC1CC(c2ccccc2C)C1. The molecule has 1 aliphatic carbocycles. The van der Waals surface area contributed by atoms with Crippen LogP contribution in [0.25, 0.3) is 0 Å². The molecule has 0 aliphatic heterocycles. The summed E-state index contributed by atoms with van der Waals surface area (Å²) in [5.74, 6) is 0.739. The summed E-state index contributed by atoms with van der Waals surface area (Å²) in [5.41, 5.74) is 5.53. The zero-order valence-electron chi connectivity index (χ0n) is 13.3. The fraction of sp³-hybridized carbons (Fsp3) is 0.500. The summed E-state index contributed by atoms with van der Waals surface area (Å²) in [6.45, 7) is 5.34. The van der Waals surface area contributed by atoms with Crippen LogP contribution in [0.3, 0.4) is 0 Å². The second kappa shape index (κ2) is 6.02. The molecule has 21 heavy (non-hydrogen) atoms. The number of aryl methyl sites for hydroxylation is 3. The summed E-state index contributed by atoms with van der Waals surface area (Å²) in [5, 5.41) is 8.19. The summed E-state index contributed by atoms with van der Waals surface area (Å²) in [6, 6.07) is 9.44. The highest BCUT2D eigenvalue weighted by Gasteiger charge is 2.30. The molecule has 0 bridgehead atoms. The minimum Gasteiger partial charge on any atom is -0.310 e. The van der Waals surface area contributed by atoms with E-state index in [1.54, 1.807) is 0 Å². The Kier molecular flexibility index (Phi) is 4.11. The van der Waals surface area contributed by atoms with Gasteiger partial charge >= 0.3 is 0 Å². The molecule has 2 aromatic rings. The van der Waals surface area contributed by atoms with Crippen LogP contribution >= 0.6 is 0 Å². The molecular formula is C18H25N3. The molecule has 0 amide bonds. The van der Waals surface area contributed by atoms with Crippen LogP contribution in [0.15, 0.2) is 30.5 Å². The third-order valence-electron chi connectivity index (χ3n) is 4.67. The Labute approximate surface area is 127 Å². The molecule has 1 aromatic heterocycles. The van der Waals surface area contributed by atoms with Gasteiger partial charge in [0.15, 0.2) is 0 Å². The van der Waals surface area contributed by atoms with Gasteiger partial charge in [-0.1, -0.05) is 31.2 Å². The van der Waals surface area contributed by atoms with E-state index in [-0.39, 0.29) is 0 Å². The van der Waals surface area contributed by atoms with Crippen molar-refractivity contribution in [1.82, 2.24) is 15.1 Å². The first-order valence-electron chi connectivity index (χ1n) is 7.97. The third-order valence-corrected chi connectivity index (χ3v) is 4.67. The average molecular weight is 283 g/mol. The third kappa shape index (κ3) is 3.03. The highest BCUT2D eigenvalue weighted by Crippen LogP contribution is 2.38. The fourth-order valence-corrected chi connectivity index (χ4v) is 3.37. The van der Waals surface area contributed by atoms with Gasteiger partial charge in [0.1, 0.15) is 0 Å². The van der Waals surface area contributed by atoms with Crippen molar-refractivity contribution < 1.29 is 0 Å². The van der Waals surface area contributed by atoms with E-state index >= 15 is 0 Å². The maximum Gasteiger partial charge on any atom is 0.0666 e. The molecule has 1 aliphatic rings. The zero-order chi connectivity index (χ0) is 14.8. The van der Waals surface area contributed by atoms with Crippen LogP contribution in [0, 0.1) is 6.92 Å². The average Bonchev–Trinajstić information content (AvgIpc) is 2.79. The van der Waals surface area contributed by atoms with Crippen LogP contribution in [0.5, 0.6) is 0 Å². The quantitative estimate of drug-likeness (QED) is 0.912. The molecule has 1 N–H and O–H groups in total. The summed E-state index contributed by atoms with van der Waals surface area (Å²) in [7, 11) is 2.00. The number of nitrogens with one attached hydrogen (secondary N) is 1. The number of benzene rings is 1. The standard InChI is InChI=1S/C18H25N3/c1-4-18-15(12-21(3)20-18)11-19-16-9-14(10-16)17-8-6-5-7-13(17)2/h5-8,12,14,16,19H,4,9-11H2,1-3H3. The van der Waals surface area contributed by atoms with Gasteiger partial charge in [0.05, 0.1) is 5.69 Å². The van der Waals surface area contributed by atoms with Gasteiger partial charge in [0.2, 0.25) is 0 Å². The molecule has 1 saturated carbocycles. The number of hydrogen-bond acceptors (Lipinski definition) is 2. The Morgan fingerprint density at radius 2 is 2.05 bits per heavy atom. The summed E-state index contributed by atoms with van der Waals surface area (Å²) in [4.78, 5) is 0. The van der Waals surface area contributed by atoms with Crippen LogP contribution in [0.4, 0.5) is 0 Å². The molecule has 1 aromatic carbocycles. The van der Waals surface area contributed by atoms with Gasteiger partial charge in [0.25, 0.3) is 0 Å². The highest BCUT2D eigenvalue weighted by atomic mass is 15.3. The molecule has 1 fully saturated rings. The Bertz CT molecular complexity index is 609. The van der Waals surface area contributed by atoms with E-state index in [9.17, 15) is 0 Å². The van der Waals surface area contributed by atoms with Crippen LogP contribution in [-0.4, -0.2) is 15.8 Å². The van der Waals surface area contributed by atoms with Crippen molar-refractivity contribution in [2.24, 2.45) is 7.05 Å². The van der Waals surface area contributed by atoms with E-state index in [1.165, 1.54) is 35.2 Å². The number of aromatic nitrogens is 2. The molecule has 0 atom stereocenters. The normalized spacial score (nSPS) is 21.3. The molecule has 0 saturated heterocycles. The van der Waals surface area contributed by atoms with E-state index in [0.717, 1.165) is 18.9 Å². The lowest BCUT2D eigenvalue weighted by molar-refractivity contribution is 0.288. The Balaban J connectivity index is 1.52. The molecule has 3 nitrogen and oxygen atoms in total. The minimum atomic E-state index is 0.652. The number of hydrogen-bond donors (Lipinski definition) is 1. The molecular weight excluding hydrogens is 258 g/mol. The smallest absolute Gasteiger partial charge is 0.0666 e. The molecule has 0 spiro atoms. The first-order chi connectivity index (χ1) is 10.2. The van der Waals surface area contributed by atoms with Crippen LogP contribution in [0.1, 0.15) is 48.1 Å². The number of rotatable bonds is 5. The van der Waals surface area contributed by atoms with Gasteiger partial charge in [-0.2, -0.15) is 5.10 Å². The van der Waals surface area contributed by atoms with E-state index in [1.807, 2.05) is 11.7 Å². The lowest BCUT2D eigenvalue weighted by atomic mass is 9.74. The molecule has 0 unspecified atom stereocenters. The van der Waals surface area contributed by atoms with Crippen molar-refractivity contribution in [1.29, 1.82) is 0 Å². The van der Waals surface area contributed by atoms with E-state index in [2.05, 4.69) is 54.7 Å². The van der Waals surface area contributed by atoms with Gasteiger partial charge in [-0.3, -0.25) is 4.68 Å². The molecule has 3 heteroatoms. The van der Waals surface area contributed by atoms with Gasteiger partial charge in [0, 0.05) is 31.4 Å². The van der Waals surface area contributed by atoms with Crippen molar-refractivity contribution in [3.05, 3.63) is 52.8 Å². The Morgan fingerprint density at radius 3 is 2.76 bits per heavy atom. The van der Waals surface area contributed by atoms with Crippen molar-refractivity contribution in [2.75, 3.05) is 0 Å². The van der Waals surface area contributed by atoms with Gasteiger partial charge in [-0.15, -0.1) is 0 Å². The van der Waals surface area contributed by atoms with Gasteiger partial charge in [-0.05, 0) is 43.2 Å². The summed E-state index contributed by atoms with van der Waals surface area (Å²) in [6.07, 6.45) is 5.66. The lowest BCUT2D eigenvalue weighted by Gasteiger charge is -2.37. The van der Waals surface area contributed by atoms with E-state index < -0.39 is 0 Å². The lowest BCUT2D eigenvalue weighted by Crippen LogP contribution is -2.39. The maximum atomic E-state index is 4.50. The molecule has 0 radical (unpaired) electrons. The highest BCUT2D eigenvalue weighted by molar-refractivity contribution is 5.31. The summed E-state index contributed by atoms with van der Waals surface area (Å²) < 4.78 is 1.92.